The van der Waals surface area contributed by atoms with Crippen LogP contribution in [0.5, 0.6) is 5.75 Å². The van der Waals surface area contributed by atoms with Gasteiger partial charge in [0.2, 0.25) is 11.8 Å². The van der Waals surface area contributed by atoms with Gasteiger partial charge in [0.05, 0.1) is 19.2 Å². The average molecular weight is 697 g/mol. The zero-order chi connectivity index (χ0) is 34.4. The highest BCUT2D eigenvalue weighted by molar-refractivity contribution is 7.15. The van der Waals surface area contributed by atoms with E-state index < -0.39 is 6.04 Å². The standard InChI is InChI=1S/C37H37ClN6O4S/c1-22-23(2)49-36-33(22)34(26-5-9-27(38)10-6-26)39-29(35-41-40-24(3)44(35)36)19-32(47)42-17-15-37(16-18-42)20-43(21-37)31(46)14-13-30(45)25-7-11-28(48-4)12-8-25/h5-14,29H,15-21H2,1-4H3/b14-13+/t29-/m0/s1. The van der Waals surface area contributed by atoms with E-state index in [9.17, 15) is 14.4 Å². The van der Waals surface area contributed by atoms with E-state index in [2.05, 4.69) is 28.6 Å². The molecule has 0 N–H and O–H groups in total. The quantitative estimate of drug-likeness (QED) is 0.171. The van der Waals surface area contributed by atoms with Gasteiger partial charge in [0.25, 0.3) is 0 Å². The van der Waals surface area contributed by atoms with Crippen molar-refractivity contribution in [2.24, 2.45) is 10.4 Å². The molecule has 0 saturated carbocycles. The molecule has 252 valence electrons. The van der Waals surface area contributed by atoms with Crippen LogP contribution in [0.4, 0.5) is 0 Å². The number of hydrogen-bond donors (Lipinski definition) is 0. The lowest BCUT2D eigenvalue weighted by molar-refractivity contribution is -0.146. The third-order valence-electron chi connectivity index (χ3n) is 10.0. The molecule has 1 atom stereocenters. The number of fused-ring (bicyclic) bond motifs is 3. The number of benzene rings is 2. The summed E-state index contributed by atoms with van der Waals surface area (Å²) in [6, 6.07) is 13.9. The lowest BCUT2D eigenvalue weighted by atomic mass is 9.72. The summed E-state index contributed by atoms with van der Waals surface area (Å²) in [4.78, 5) is 49.4. The van der Waals surface area contributed by atoms with Crippen LogP contribution in [0.3, 0.4) is 0 Å². The maximum Gasteiger partial charge on any atom is 0.246 e. The minimum Gasteiger partial charge on any atom is -0.497 e. The number of nitrogens with zero attached hydrogens (tertiary/aromatic N) is 6. The number of ketones is 1. The van der Waals surface area contributed by atoms with E-state index in [-0.39, 0.29) is 29.4 Å². The number of aliphatic imine (C=N–C) groups is 1. The molecule has 2 aromatic carbocycles. The number of aromatic nitrogens is 3. The molecule has 12 heteroatoms. The van der Waals surface area contributed by atoms with Crippen molar-refractivity contribution in [3.63, 3.8) is 0 Å². The number of methoxy groups -OCH3 is 1. The van der Waals surface area contributed by atoms with E-state index >= 15 is 0 Å². The van der Waals surface area contributed by atoms with E-state index in [0.717, 1.165) is 46.1 Å². The topological polar surface area (TPSA) is 110 Å². The normalized spacial score (nSPS) is 18.1. The van der Waals surface area contributed by atoms with E-state index in [1.165, 1.54) is 17.0 Å². The van der Waals surface area contributed by atoms with Gasteiger partial charge in [-0.2, -0.15) is 0 Å². The third kappa shape index (κ3) is 6.21. The Hall–Kier alpha value is -4.61. The number of allylic oxidation sites excluding steroid dienone is 1. The summed E-state index contributed by atoms with van der Waals surface area (Å²) in [6.07, 6.45) is 4.48. The lowest BCUT2D eigenvalue weighted by Crippen LogP contribution is -2.62. The Labute approximate surface area is 294 Å². The van der Waals surface area contributed by atoms with Crippen molar-refractivity contribution in [1.29, 1.82) is 0 Å². The zero-order valence-corrected chi connectivity index (χ0v) is 29.5. The fraction of sp³-hybridized carbons (Fsp3) is 0.351. The average Bonchev–Trinajstić information content (AvgIpc) is 3.57. The summed E-state index contributed by atoms with van der Waals surface area (Å²) >= 11 is 7.93. The van der Waals surface area contributed by atoms with Gasteiger partial charge in [0.15, 0.2) is 11.6 Å². The summed E-state index contributed by atoms with van der Waals surface area (Å²) in [7, 11) is 1.57. The van der Waals surface area contributed by atoms with E-state index in [0.29, 0.717) is 48.3 Å². The first-order valence-corrected chi connectivity index (χ1v) is 17.5. The van der Waals surface area contributed by atoms with Gasteiger partial charge in [-0.15, -0.1) is 21.5 Å². The molecule has 3 aliphatic rings. The predicted octanol–water partition coefficient (Wildman–Crippen LogP) is 6.09. The van der Waals surface area contributed by atoms with Crippen LogP contribution in [0.25, 0.3) is 5.00 Å². The first-order valence-electron chi connectivity index (χ1n) is 16.4. The number of hydrogen-bond acceptors (Lipinski definition) is 8. The molecule has 2 aromatic heterocycles. The molecule has 0 bridgehead atoms. The van der Waals surface area contributed by atoms with E-state index in [1.54, 1.807) is 47.6 Å². The maximum atomic E-state index is 13.9. The number of carbonyl (C=O) groups is 3. The maximum absolute atomic E-state index is 13.9. The van der Waals surface area contributed by atoms with Crippen molar-refractivity contribution < 1.29 is 19.1 Å². The van der Waals surface area contributed by atoms with Crippen molar-refractivity contribution in [3.8, 4) is 10.8 Å². The van der Waals surface area contributed by atoms with Crippen LogP contribution in [0.1, 0.15) is 68.9 Å². The predicted molar refractivity (Wildman–Crippen MR) is 189 cm³/mol. The van der Waals surface area contributed by atoms with Gasteiger partial charge in [0, 0.05) is 64.3 Å². The summed E-state index contributed by atoms with van der Waals surface area (Å²) in [5.74, 6) is 1.71. The van der Waals surface area contributed by atoms with Gasteiger partial charge in [-0.05, 0) is 81.7 Å². The SMILES string of the molecule is COc1ccc(C(=O)/C=C/C(=O)N2CC3(CCN(C(=O)C[C@@H]4N=C(c5ccc(Cl)cc5)c5c(sc(C)c5C)-n5c(C)nnc54)CC3)C2)cc1. The molecule has 49 heavy (non-hydrogen) atoms. The Kier molecular flexibility index (Phi) is 8.74. The van der Waals surface area contributed by atoms with Crippen LogP contribution < -0.4 is 4.74 Å². The fourth-order valence-corrected chi connectivity index (χ4v) is 8.34. The Balaban J connectivity index is 1.02. The van der Waals surface area contributed by atoms with Gasteiger partial charge >= 0.3 is 0 Å². The van der Waals surface area contributed by atoms with Gasteiger partial charge in [-0.25, -0.2) is 0 Å². The second-order valence-electron chi connectivity index (χ2n) is 13.1. The molecule has 1 spiro atoms. The Morgan fingerprint density at radius 2 is 1.65 bits per heavy atom. The highest BCUT2D eigenvalue weighted by Crippen LogP contribution is 2.42. The molecule has 2 amide bonds. The smallest absolute Gasteiger partial charge is 0.246 e. The van der Waals surface area contributed by atoms with Crippen molar-refractivity contribution in [2.45, 2.75) is 46.1 Å². The largest absolute Gasteiger partial charge is 0.497 e. The molecule has 0 unspecified atom stereocenters. The Bertz CT molecular complexity index is 2000. The zero-order valence-electron chi connectivity index (χ0n) is 27.9. The van der Waals surface area contributed by atoms with Crippen LogP contribution in [-0.4, -0.2) is 81.2 Å². The molecule has 0 radical (unpaired) electrons. The summed E-state index contributed by atoms with van der Waals surface area (Å²) < 4.78 is 7.20. The molecule has 3 aliphatic heterocycles. The third-order valence-corrected chi connectivity index (χ3v) is 11.5. The molecule has 7 rings (SSSR count). The first-order chi connectivity index (χ1) is 23.6. The van der Waals surface area contributed by atoms with Gasteiger partial charge < -0.3 is 14.5 Å². The minimum atomic E-state index is -0.515. The number of thiophene rings is 1. The monoisotopic (exact) mass is 696 g/mol. The molecule has 10 nitrogen and oxygen atoms in total. The Morgan fingerprint density at radius 3 is 2.33 bits per heavy atom. The molecule has 0 aliphatic carbocycles. The first kappa shape index (κ1) is 32.9. The van der Waals surface area contributed by atoms with Gasteiger partial charge in [0.1, 0.15) is 22.6 Å². The molecular weight excluding hydrogens is 660 g/mol. The number of halogens is 1. The van der Waals surface area contributed by atoms with Crippen molar-refractivity contribution in [2.75, 3.05) is 33.3 Å². The van der Waals surface area contributed by atoms with Crippen LogP contribution >= 0.6 is 22.9 Å². The highest BCUT2D eigenvalue weighted by Gasteiger charge is 2.47. The second-order valence-corrected chi connectivity index (χ2v) is 14.7. The number of piperidine rings is 1. The second kappa shape index (κ2) is 13.0. The molecule has 5 heterocycles. The number of amides is 2. The van der Waals surface area contributed by atoms with Crippen LogP contribution in [0.15, 0.2) is 65.7 Å². The number of rotatable bonds is 7. The summed E-state index contributed by atoms with van der Waals surface area (Å²) in [5.41, 5.74) is 4.43. The van der Waals surface area contributed by atoms with E-state index in [1.807, 2.05) is 36.1 Å². The van der Waals surface area contributed by atoms with E-state index in [4.69, 9.17) is 21.3 Å². The van der Waals surface area contributed by atoms with Gasteiger partial charge in [-0.3, -0.25) is 23.9 Å². The number of likely N-dealkylation sites (tertiary alicyclic amines) is 2. The number of ether oxygens (including phenoxy) is 1. The van der Waals surface area contributed by atoms with Crippen LogP contribution in [0, 0.1) is 26.2 Å². The van der Waals surface area contributed by atoms with Crippen LogP contribution in [0.2, 0.25) is 5.02 Å². The fourth-order valence-electron chi connectivity index (χ4n) is 7.00. The lowest BCUT2D eigenvalue weighted by Gasteiger charge is -2.53. The van der Waals surface area contributed by atoms with Crippen molar-refractivity contribution in [3.05, 3.63) is 104 Å². The van der Waals surface area contributed by atoms with Crippen LogP contribution in [-0.2, 0) is 9.59 Å². The highest BCUT2D eigenvalue weighted by atomic mass is 35.5. The molecule has 2 saturated heterocycles. The summed E-state index contributed by atoms with van der Waals surface area (Å²) in [6.45, 7) is 8.62. The molecule has 4 aromatic rings. The van der Waals surface area contributed by atoms with Gasteiger partial charge in [-0.1, -0.05) is 23.7 Å². The number of aryl methyl sites for hydroxylation is 2. The molecular formula is C37H37ClN6O4S. The number of carbonyl (C=O) groups excluding carboxylic acids is 3. The minimum absolute atomic E-state index is 0.0105. The molecule has 2 fully saturated rings. The van der Waals surface area contributed by atoms with Crippen molar-refractivity contribution in [1.82, 2.24) is 24.6 Å². The Morgan fingerprint density at radius 1 is 0.959 bits per heavy atom. The van der Waals surface area contributed by atoms with Crippen molar-refractivity contribution >= 4 is 46.2 Å². The summed E-state index contributed by atoms with van der Waals surface area (Å²) in [5, 5.41) is 10.6.